The van der Waals surface area contributed by atoms with Crippen molar-refractivity contribution in [2.45, 2.75) is 70.9 Å². The Labute approximate surface area is 175 Å². The zero-order valence-corrected chi connectivity index (χ0v) is 17.8. The number of phenolic OH excluding ortho intramolecular Hbond substituents is 1. The van der Waals surface area contributed by atoms with E-state index in [1.54, 1.807) is 24.5 Å². The quantitative estimate of drug-likeness (QED) is 0.254. The number of rotatable bonds is 14. The predicted octanol–water partition coefficient (Wildman–Crippen LogP) is 5.44. The molecule has 1 aliphatic rings. The van der Waals surface area contributed by atoms with Gasteiger partial charge >= 0.3 is 0 Å². The third-order valence-electron chi connectivity index (χ3n) is 4.76. The molecule has 0 unspecified atom stereocenters. The van der Waals surface area contributed by atoms with Gasteiger partial charge in [-0.3, -0.25) is 0 Å². The van der Waals surface area contributed by atoms with Crippen LogP contribution in [-0.4, -0.2) is 43.4 Å². The monoisotopic (exact) mass is 404 g/mol. The Morgan fingerprint density at radius 1 is 1.00 bits per heavy atom. The maximum atomic E-state index is 9.82. The van der Waals surface area contributed by atoms with Crippen LogP contribution >= 0.6 is 0 Å². The molecule has 0 bridgehead atoms. The molecule has 29 heavy (non-hydrogen) atoms. The SMILES string of the molecule is CCCCCOC[C@H]1O[C@H](O/C=C/c2ccccc2O)C=C[C@@H]1OCCCCC. The van der Waals surface area contributed by atoms with Crippen molar-refractivity contribution in [3.8, 4) is 5.75 Å². The van der Waals surface area contributed by atoms with Crippen molar-refractivity contribution in [3.63, 3.8) is 0 Å². The summed E-state index contributed by atoms with van der Waals surface area (Å²) in [6.07, 6.45) is 13.1. The van der Waals surface area contributed by atoms with Gasteiger partial charge in [0.05, 0.1) is 12.9 Å². The summed E-state index contributed by atoms with van der Waals surface area (Å²) in [4.78, 5) is 0. The molecule has 0 fully saturated rings. The fourth-order valence-electron chi connectivity index (χ4n) is 3.04. The second kappa shape index (κ2) is 14.2. The molecule has 0 aliphatic carbocycles. The maximum Gasteiger partial charge on any atom is 0.219 e. The molecule has 1 aromatic carbocycles. The standard InChI is InChI=1S/C24H36O5/c1-3-5-9-16-26-19-23-22(27-17-10-6-4-2)13-14-24(29-23)28-18-15-20-11-7-8-12-21(20)25/h7-8,11-15,18,22-25H,3-6,9-10,16-17,19H2,1-2H3/b18-15+/t22-,23+,24-/m0/s1. The van der Waals surface area contributed by atoms with Crippen molar-refractivity contribution in [2.75, 3.05) is 19.8 Å². The van der Waals surface area contributed by atoms with Crippen molar-refractivity contribution in [1.29, 1.82) is 0 Å². The van der Waals surface area contributed by atoms with Gasteiger partial charge in [-0.05, 0) is 31.1 Å². The van der Waals surface area contributed by atoms with Crippen LogP contribution in [0.15, 0.2) is 42.7 Å². The molecule has 2 rings (SSSR count). The predicted molar refractivity (Wildman–Crippen MR) is 116 cm³/mol. The number of benzene rings is 1. The van der Waals surface area contributed by atoms with Crippen LogP contribution in [0.2, 0.25) is 0 Å². The summed E-state index contributed by atoms with van der Waals surface area (Å²) in [5, 5.41) is 9.82. The van der Waals surface area contributed by atoms with E-state index in [-0.39, 0.29) is 18.0 Å². The minimum atomic E-state index is -0.503. The van der Waals surface area contributed by atoms with E-state index in [4.69, 9.17) is 18.9 Å². The minimum Gasteiger partial charge on any atom is -0.507 e. The zero-order chi connectivity index (χ0) is 20.7. The lowest BCUT2D eigenvalue weighted by atomic mass is 10.1. The van der Waals surface area contributed by atoms with E-state index < -0.39 is 6.29 Å². The van der Waals surface area contributed by atoms with Gasteiger partial charge in [-0.15, -0.1) is 0 Å². The topological polar surface area (TPSA) is 57.2 Å². The van der Waals surface area contributed by atoms with Gasteiger partial charge in [0.2, 0.25) is 6.29 Å². The van der Waals surface area contributed by atoms with Crippen molar-refractivity contribution in [1.82, 2.24) is 0 Å². The number of unbranched alkanes of at least 4 members (excludes halogenated alkanes) is 4. The van der Waals surface area contributed by atoms with Crippen LogP contribution in [0.5, 0.6) is 5.75 Å². The Morgan fingerprint density at radius 3 is 2.52 bits per heavy atom. The number of hydrogen-bond donors (Lipinski definition) is 1. The van der Waals surface area contributed by atoms with Crippen LogP contribution in [0.1, 0.15) is 57.9 Å². The summed E-state index contributed by atoms with van der Waals surface area (Å²) in [6.45, 7) is 6.30. The molecular formula is C24H36O5. The summed E-state index contributed by atoms with van der Waals surface area (Å²) >= 11 is 0. The number of hydrogen-bond acceptors (Lipinski definition) is 5. The number of aromatic hydroxyl groups is 1. The molecule has 3 atom stereocenters. The molecule has 0 amide bonds. The average molecular weight is 405 g/mol. The van der Waals surface area contributed by atoms with E-state index in [0.29, 0.717) is 12.2 Å². The lowest BCUT2D eigenvalue weighted by Crippen LogP contribution is -2.41. The second-order valence-electron chi connectivity index (χ2n) is 7.25. The summed E-state index contributed by atoms with van der Waals surface area (Å²) in [5.41, 5.74) is 0.695. The van der Waals surface area contributed by atoms with Crippen LogP contribution < -0.4 is 0 Å². The molecule has 1 heterocycles. The fourth-order valence-corrected chi connectivity index (χ4v) is 3.04. The summed E-state index contributed by atoms with van der Waals surface area (Å²) in [5.74, 6) is 0.214. The molecule has 162 valence electrons. The van der Waals surface area contributed by atoms with Crippen LogP contribution in [0.25, 0.3) is 6.08 Å². The number of para-hydroxylation sites is 1. The summed E-state index contributed by atoms with van der Waals surface area (Å²) in [6, 6.07) is 7.11. The van der Waals surface area contributed by atoms with E-state index in [1.165, 1.54) is 25.7 Å². The minimum absolute atomic E-state index is 0.125. The normalized spacial score (nSPS) is 21.7. The van der Waals surface area contributed by atoms with Gasteiger partial charge in [-0.1, -0.05) is 63.8 Å². The van der Waals surface area contributed by atoms with Crippen LogP contribution in [0.4, 0.5) is 0 Å². The highest BCUT2D eigenvalue weighted by atomic mass is 16.7. The Balaban J connectivity index is 1.86. The first-order valence-electron chi connectivity index (χ1n) is 10.9. The Morgan fingerprint density at radius 2 is 1.76 bits per heavy atom. The first-order valence-corrected chi connectivity index (χ1v) is 10.9. The van der Waals surface area contributed by atoms with E-state index in [2.05, 4.69) is 13.8 Å². The van der Waals surface area contributed by atoms with E-state index in [0.717, 1.165) is 26.1 Å². The molecule has 1 aromatic rings. The molecule has 1 aliphatic heterocycles. The van der Waals surface area contributed by atoms with Gasteiger partial charge in [0, 0.05) is 18.8 Å². The van der Waals surface area contributed by atoms with E-state index in [1.807, 2.05) is 24.3 Å². The van der Waals surface area contributed by atoms with Crippen molar-refractivity contribution >= 4 is 6.08 Å². The Bertz CT molecular complexity index is 613. The van der Waals surface area contributed by atoms with Gasteiger partial charge in [0.15, 0.2) is 0 Å². The van der Waals surface area contributed by atoms with Crippen molar-refractivity contribution in [2.24, 2.45) is 0 Å². The average Bonchev–Trinajstić information content (AvgIpc) is 2.73. The third kappa shape index (κ3) is 9.03. The van der Waals surface area contributed by atoms with E-state index in [9.17, 15) is 5.11 Å². The van der Waals surface area contributed by atoms with Crippen LogP contribution in [-0.2, 0) is 18.9 Å². The summed E-state index contributed by atoms with van der Waals surface area (Å²) in [7, 11) is 0. The number of phenols is 1. The lowest BCUT2D eigenvalue weighted by molar-refractivity contribution is -0.173. The molecular weight excluding hydrogens is 368 g/mol. The van der Waals surface area contributed by atoms with Gasteiger partial charge in [0.25, 0.3) is 0 Å². The molecule has 1 N–H and O–H groups in total. The smallest absolute Gasteiger partial charge is 0.219 e. The Hall–Kier alpha value is -1.82. The highest BCUT2D eigenvalue weighted by Crippen LogP contribution is 2.20. The highest BCUT2D eigenvalue weighted by molar-refractivity contribution is 5.55. The molecule has 0 aromatic heterocycles. The fraction of sp³-hybridized carbons (Fsp3) is 0.583. The molecule has 0 spiro atoms. The Kier molecular flexibility index (Phi) is 11.5. The van der Waals surface area contributed by atoms with Gasteiger partial charge in [-0.2, -0.15) is 0 Å². The second-order valence-corrected chi connectivity index (χ2v) is 7.25. The maximum absolute atomic E-state index is 9.82. The zero-order valence-electron chi connectivity index (χ0n) is 17.8. The summed E-state index contributed by atoms with van der Waals surface area (Å²) < 4.78 is 23.6. The molecule has 5 heteroatoms. The first kappa shape index (κ1) is 23.5. The molecule has 0 saturated heterocycles. The first-order chi connectivity index (χ1) is 14.2. The molecule has 0 saturated carbocycles. The van der Waals surface area contributed by atoms with Crippen molar-refractivity contribution < 1.29 is 24.1 Å². The molecule has 5 nitrogen and oxygen atoms in total. The van der Waals surface area contributed by atoms with Crippen LogP contribution in [0.3, 0.4) is 0 Å². The van der Waals surface area contributed by atoms with Crippen LogP contribution in [0, 0.1) is 0 Å². The third-order valence-corrected chi connectivity index (χ3v) is 4.76. The van der Waals surface area contributed by atoms with E-state index >= 15 is 0 Å². The highest BCUT2D eigenvalue weighted by Gasteiger charge is 2.28. The van der Waals surface area contributed by atoms with Gasteiger partial charge in [0.1, 0.15) is 18.0 Å². The lowest BCUT2D eigenvalue weighted by Gasteiger charge is -2.31. The van der Waals surface area contributed by atoms with Crippen molar-refractivity contribution in [3.05, 3.63) is 48.2 Å². The molecule has 0 radical (unpaired) electrons. The van der Waals surface area contributed by atoms with Gasteiger partial charge < -0.3 is 24.1 Å². The van der Waals surface area contributed by atoms with Gasteiger partial charge in [-0.25, -0.2) is 0 Å². The number of ether oxygens (including phenoxy) is 4. The largest absolute Gasteiger partial charge is 0.507 e.